The van der Waals surface area contributed by atoms with Crippen LogP contribution in [0.25, 0.3) is 0 Å². The van der Waals surface area contributed by atoms with Gasteiger partial charge in [-0.2, -0.15) is 0 Å². The van der Waals surface area contributed by atoms with Crippen LogP contribution in [-0.4, -0.2) is 33.3 Å². The van der Waals surface area contributed by atoms with E-state index in [4.69, 9.17) is 16.3 Å². The summed E-state index contributed by atoms with van der Waals surface area (Å²) in [7, 11) is 1.54. The Balaban J connectivity index is 2.39. The van der Waals surface area contributed by atoms with Gasteiger partial charge in [0.15, 0.2) is 5.82 Å². The molecular formula is C11H14ClFN2O. The molecule has 0 aliphatic carbocycles. The lowest BCUT2D eigenvalue weighted by atomic mass is 10.2. The molecule has 88 valence electrons. The van der Waals surface area contributed by atoms with Crippen molar-refractivity contribution in [1.29, 1.82) is 0 Å². The van der Waals surface area contributed by atoms with Gasteiger partial charge in [-0.1, -0.05) is 11.6 Å². The number of rotatable bonds is 2. The fourth-order valence-electron chi connectivity index (χ4n) is 1.87. The molecule has 0 bridgehead atoms. The third-order valence-corrected chi connectivity index (χ3v) is 2.98. The van der Waals surface area contributed by atoms with Crippen molar-refractivity contribution in [1.82, 2.24) is 5.32 Å². The molecule has 1 aromatic carbocycles. The highest BCUT2D eigenvalue weighted by molar-refractivity contribution is 6.31. The van der Waals surface area contributed by atoms with Gasteiger partial charge in [0.2, 0.25) is 0 Å². The maximum atomic E-state index is 14.0. The number of nitrogens with zero attached hydrogens (tertiary/aromatic N) is 1. The van der Waals surface area contributed by atoms with Gasteiger partial charge in [-0.3, -0.25) is 0 Å². The molecule has 3 nitrogen and oxygen atoms in total. The highest BCUT2D eigenvalue weighted by atomic mass is 35.5. The molecule has 0 radical (unpaired) electrons. The van der Waals surface area contributed by atoms with Crippen molar-refractivity contribution in [3.8, 4) is 5.75 Å². The molecule has 5 heteroatoms. The van der Waals surface area contributed by atoms with Crippen LogP contribution in [-0.2, 0) is 0 Å². The second kappa shape index (κ2) is 4.89. The van der Waals surface area contributed by atoms with Gasteiger partial charge in [-0.15, -0.1) is 0 Å². The minimum atomic E-state index is -0.400. The monoisotopic (exact) mass is 244 g/mol. The van der Waals surface area contributed by atoms with Crippen molar-refractivity contribution in [3.63, 3.8) is 0 Å². The predicted molar refractivity (Wildman–Crippen MR) is 63.0 cm³/mol. The van der Waals surface area contributed by atoms with Crippen molar-refractivity contribution in [2.45, 2.75) is 0 Å². The van der Waals surface area contributed by atoms with Crippen LogP contribution in [0.2, 0.25) is 5.02 Å². The van der Waals surface area contributed by atoms with Crippen molar-refractivity contribution in [2.24, 2.45) is 0 Å². The minimum absolute atomic E-state index is 0.134. The zero-order valence-electron chi connectivity index (χ0n) is 9.09. The summed E-state index contributed by atoms with van der Waals surface area (Å²) >= 11 is 5.79. The second-order valence-electron chi connectivity index (χ2n) is 3.65. The van der Waals surface area contributed by atoms with E-state index in [1.165, 1.54) is 13.2 Å². The van der Waals surface area contributed by atoms with Gasteiger partial charge in [0, 0.05) is 26.2 Å². The molecule has 0 spiro atoms. The fourth-order valence-corrected chi connectivity index (χ4v) is 2.02. The van der Waals surface area contributed by atoms with Gasteiger partial charge in [0.1, 0.15) is 11.4 Å². The zero-order valence-corrected chi connectivity index (χ0v) is 9.85. The second-order valence-corrected chi connectivity index (χ2v) is 4.06. The summed E-state index contributed by atoms with van der Waals surface area (Å²) in [5, 5.41) is 3.35. The van der Waals surface area contributed by atoms with Crippen molar-refractivity contribution >= 4 is 17.3 Å². The quantitative estimate of drug-likeness (QED) is 0.860. The predicted octanol–water partition coefficient (Wildman–Crippen LogP) is 1.90. The number of benzene rings is 1. The van der Waals surface area contributed by atoms with Crippen LogP contribution >= 0.6 is 11.6 Å². The van der Waals surface area contributed by atoms with E-state index in [9.17, 15) is 4.39 Å². The smallest absolute Gasteiger partial charge is 0.168 e. The summed E-state index contributed by atoms with van der Waals surface area (Å²) in [4.78, 5) is 1.95. The van der Waals surface area contributed by atoms with Gasteiger partial charge < -0.3 is 15.0 Å². The molecule has 1 aliphatic heterocycles. The molecule has 2 rings (SSSR count). The maximum Gasteiger partial charge on any atom is 0.168 e. The normalized spacial score (nSPS) is 16.3. The van der Waals surface area contributed by atoms with Gasteiger partial charge in [-0.25, -0.2) is 4.39 Å². The summed E-state index contributed by atoms with van der Waals surface area (Å²) < 4.78 is 19.1. The SMILES string of the molecule is COc1ccc(Cl)c(F)c1N1CCNCC1. The first kappa shape index (κ1) is 11.5. The molecule has 1 aliphatic rings. The third-order valence-electron chi connectivity index (χ3n) is 2.69. The number of anilines is 1. The van der Waals surface area contributed by atoms with E-state index in [-0.39, 0.29) is 5.02 Å². The molecule has 0 aromatic heterocycles. The first-order chi connectivity index (χ1) is 7.74. The lowest BCUT2D eigenvalue weighted by Crippen LogP contribution is -2.44. The van der Waals surface area contributed by atoms with Crippen LogP contribution in [0.4, 0.5) is 10.1 Å². The molecular weight excluding hydrogens is 231 g/mol. The fraction of sp³-hybridized carbons (Fsp3) is 0.455. The molecule has 0 saturated carbocycles. The van der Waals surface area contributed by atoms with Gasteiger partial charge in [-0.05, 0) is 12.1 Å². The lowest BCUT2D eigenvalue weighted by Gasteiger charge is -2.30. The van der Waals surface area contributed by atoms with Crippen LogP contribution in [0.5, 0.6) is 5.75 Å². The van der Waals surface area contributed by atoms with Crippen LogP contribution in [0, 0.1) is 5.82 Å². The Kier molecular flexibility index (Phi) is 3.51. The summed E-state index contributed by atoms with van der Waals surface area (Å²) in [6, 6.07) is 3.21. The minimum Gasteiger partial charge on any atom is -0.494 e. The summed E-state index contributed by atoms with van der Waals surface area (Å²) in [5.41, 5.74) is 0.469. The molecule has 16 heavy (non-hydrogen) atoms. The number of halogens is 2. The number of methoxy groups -OCH3 is 1. The number of piperazine rings is 1. The molecule has 1 N–H and O–H groups in total. The van der Waals surface area contributed by atoms with Crippen molar-refractivity contribution in [2.75, 3.05) is 38.2 Å². The van der Waals surface area contributed by atoms with E-state index in [1.807, 2.05) is 4.90 Å². The van der Waals surface area contributed by atoms with Crippen LogP contribution in [0.3, 0.4) is 0 Å². The molecule has 1 aromatic rings. The first-order valence-electron chi connectivity index (χ1n) is 5.21. The Morgan fingerprint density at radius 2 is 2.06 bits per heavy atom. The van der Waals surface area contributed by atoms with Crippen molar-refractivity contribution < 1.29 is 9.13 Å². The Bertz CT molecular complexity index is 380. The van der Waals surface area contributed by atoms with Crippen molar-refractivity contribution in [3.05, 3.63) is 23.0 Å². The molecule has 0 amide bonds. The molecule has 0 atom stereocenters. The first-order valence-corrected chi connectivity index (χ1v) is 5.59. The third kappa shape index (κ3) is 2.08. The zero-order chi connectivity index (χ0) is 11.5. The molecule has 0 unspecified atom stereocenters. The van der Waals surface area contributed by atoms with Gasteiger partial charge in [0.05, 0.1) is 12.1 Å². The summed E-state index contributed by atoms with van der Waals surface area (Å²) in [5.74, 6) is 0.131. The topological polar surface area (TPSA) is 24.5 Å². The van der Waals surface area contributed by atoms with E-state index in [2.05, 4.69) is 5.32 Å². The number of hydrogen-bond donors (Lipinski definition) is 1. The molecule has 1 heterocycles. The van der Waals surface area contributed by atoms with E-state index < -0.39 is 5.82 Å². The molecule has 1 fully saturated rings. The van der Waals surface area contributed by atoms with Gasteiger partial charge in [0.25, 0.3) is 0 Å². The van der Waals surface area contributed by atoms with Crippen LogP contribution in [0.1, 0.15) is 0 Å². The highest BCUT2D eigenvalue weighted by Crippen LogP contribution is 2.35. The lowest BCUT2D eigenvalue weighted by molar-refractivity contribution is 0.409. The number of ether oxygens (including phenoxy) is 1. The largest absolute Gasteiger partial charge is 0.494 e. The maximum absolute atomic E-state index is 14.0. The Hall–Kier alpha value is -1.00. The van der Waals surface area contributed by atoms with Crippen LogP contribution in [0.15, 0.2) is 12.1 Å². The summed E-state index contributed by atoms with van der Waals surface area (Å²) in [6.45, 7) is 3.20. The van der Waals surface area contributed by atoms with E-state index in [0.717, 1.165) is 26.2 Å². The van der Waals surface area contributed by atoms with Gasteiger partial charge >= 0.3 is 0 Å². The van der Waals surface area contributed by atoms with E-state index >= 15 is 0 Å². The average molecular weight is 245 g/mol. The Morgan fingerprint density at radius 1 is 1.38 bits per heavy atom. The highest BCUT2D eigenvalue weighted by Gasteiger charge is 2.20. The molecule has 1 saturated heterocycles. The van der Waals surface area contributed by atoms with Crippen LogP contribution < -0.4 is 15.0 Å². The Labute approximate surface area is 99.1 Å². The summed E-state index contributed by atoms with van der Waals surface area (Å²) in [6.07, 6.45) is 0. The van der Waals surface area contributed by atoms with E-state index in [1.54, 1.807) is 6.07 Å². The standard InChI is InChI=1S/C11H14ClFN2O/c1-16-9-3-2-8(12)10(13)11(9)15-6-4-14-5-7-15/h2-3,14H,4-7H2,1H3. The Morgan fingerprint density at radius 3 is 2.69 bits per heavy atom. The number of nitrogens with one attached hydrogen (secondary N) is 1. The van der Waals surface area contributed by atoms with E-state index in [0.29, 0.717) is 11.4 Å². The number of hydrogen-bond acceptors (Lipinski definition) is 3. The average Bonchev–Trinajstić information content (AvgIpc) is 2.33.